The summed E-state index contributed by atoms with van der Waals surface area (Å²) in [5.74, 6) is 2.37. The van der Waals surface area contributed by atoms with Crippen molar-refractivity contribution < 1.29 is 67.8 Å². The van der Waals surface area contributed by atoms with E-state index in [9.17, 15) is 18.4 Å². The molecule has 2 N–H and O–H groups in total. The van der Waals surface area contributed by atoms with Crippen LogP contribution < -0.4 is 78.6 Å². The van der Waals surface area contributed by atoms with Crippen molar-refractivity contribution in [3.63, 3.8) is 0 Å². The van der Waals surface area contributed by atoms with Crippen LogP contribution in [0.25, 0.3) is 11.1 Å². The number of methoxy groups -OCH3 is 2. The molecule has 2 saturated carbocycles. The Bertz CT molecular complexity index is 6210. The van der Waals surface area contributed by atoms with E-state index in [1.165, 1.54) is 131 Å². The van der Waals surface area contributed by atoms with E-state index in [1.54, 1.807) is 19.1 Å². The quantitative estimate of drug-likeness (QED) is 0.0350. The van der Waals surface area contributed by atoms with Crippen LogP contribution in [-0.2, 0) is 52.3 Å². The van der Waals surface area contributed by atoms with Crippen LogP contribution in [0.15, 0.2) is 490 Å². The zero-order valence-electron chi connectivity index (χ0n) is 82.9. The normalized spacial score (nSPS) is 13.8. The minimum absolute atomic E-state index is 0. The number of carbonyl (C=O) groups is 2. The molecule has 0 amide bonds. The summed E-state index contributed by atoms with van der Waals surface area (Å²) in [6.07, 6.45) is 9.49. The molecule has 2 aliphatic carbocycles. The van der Waals surface area contributed by atoms with Crippen molar-refractivity contribution in [2.75, 3.05) is 14.2 Å². The van der Waals surface area contributed by atoms with Gasteiger partial charge in [0, 0.05) is 35.9 Å². The smallest absolute Gasteiger partial charge is 0.485 e. The van der Waals surface area contributed by atoms with Crippen LogP contribution >= 0.6 is 47.6 Å². The van der Waals surface area contributed by atoms with Crippen molar-refractivity contribution in [1.29, 1.82) is 0 Å². The average molecular weight is 2170 g/mol. The molecule has 147 heavy (non-hydrogen) atoms. The summed E-state index contributed by atoms with van der Waals surface area (Å²) < 4.78 is 50.7. The number of benzene rings is 18. The van der Waals surface area contributed by atoms with E-state index in [0.29, 0.717) is 30.2 Å². The molecular formula is C130H120BBrF2O8P4Pd. The van der Waals surface area contributed by atoms with Crippen LogP contribution in [-0.4, -0.2) is 43.3 Å². The maximum Gasteiger partial charge on any atom is 0.491 e. The van der Waals surface area contributed by atoms with Crippen molar-refractivity contribution in [3.05, 3.63) is 546 Å². The van der Waals surface area contributed by atoms with Gasteiger partial charge in [0.2, 0.25) is 0 Å². The number of rotatable bonds is 24. The summed E-state index contributed by atoms with van der Waals surface area (Å²) >= 11 is 3.49. The Hall–Kier alpha value is -12.8. The Morgan fingerprint density at radius 1 is 0.327 bits per heavy atom. The van der Waals surface area contributed by atoms with Crippen molar-refractivity contribution >= 4 is 136 Å². The number of esters is 2. The second-order valence-corrected chi connectivity index (χ2v) is 46.2. The molecule has 0 spiro atoms. The van der Waals surface area contributed by atoms with Gasteiger partial charge in [0.15, 0.2) is 0 Å². The largest absolute Gasteiger partial charge is 0.491 e. The van der Waals surface area contributed by atoms with Gasteiger partial charge in [-0.3, -0.25) is 9.59 Å². The number of carbonyl (C=O) groups excluding carboxylic acids is 2. The fraction of sp³-hybridized carbons (Fsp3) is 0.154. The first-order valence-electron chi connectivity index (χ1n) is 49.8. The summed E-state index contributed by atoms with van der Waals surface area (Å²) in [6.45, 7) is 3.73. The fourth-order valence-corrected chi connectivity index (χ4v) is 27.8. The monoisotopic (exact) mass is 2170 g/mol. The molecule has 0 saturated heterocycles. The minimum atomic E-state index is -1.73. The molecule has 742 valence electrons. The number of aryl methyl sites for hydroxylation is 4. The first-order valence-corrected chi connectivity index (χ1v) is 56.0. The maximum atomic E-state index is 14.3. The second kappa shape index (κ2) is 55.8. The van der Waals surface area contributed by atoms with Gasteiger partial charge in [-0.05, 0) is 266 Å². The van der Waals surface area contributed by atoms with Crippen molar-refractivity contribution in [1.82, 2.24) is 0 Å². The third-order valence-corrected chi connectivity index (χ3v) is 36.4. The predicted octanol–water partition coefficient (Wildman–Crippen LogP) is 26.1. The first kappa shape index (κ1) is 108. The van der Waals surface area contributed by atoms with Gasteiger partial charge in [0.1, 0.15) is 35.3 Å². The van der Waals surface area contributed by atoms with E-state index in [2.05, 4.69) is 441 Å². The molecule has 2 unspecified atom stereocenters. The Morgan fingerprint density at radius 3 is 0.823 bits per heavy atom. The van der Waals surface area contributed by atoms with Crippen molar-refractivity contribution in [2.24, 2.45) is 11.8 Å². The molecule has 4 atom stereocenters. The molecular weight excluding hydrogens is 2050 g/mol. The third-order valence-electron chi connectivity index (χ3n) is 26.1. The summed E-state index contributed by atoms with van der Waals surface area (Å²) in [6, 6.07) is 168. The van der Waals surface area contributed by atoms with Gasteiger partial charge in [-0.25, -0.2) is 8.78 Å². The van der Waals surface area contributed by atoms with Gasteiger partial charge in [0.05, 0.1) is 27.1 Å². The molecule has 18 aromatic carbocycles. The summed E-state index contributed by atoms with van der Waals surface area (Å²) in [7, 11) is -0.598. The van der Waals surface area contributed by atoms with E-state index in [1.807, 2.05) is 37.3 Å². The summed E-state index contributed by atoms with van der Waals surface area (Å²) in [5, 5.41) is 34.1. The van der Waals surface area contributed by atoms with Gasteiger partial charge in [-0.15, -0.1) is 0 Å². The number of halogens is 3. The molecule has 17 heteroatoms. The summed E-state index contributed by atoms with van der Waals surface area (Å²) in [4.78, 5) is 23.8. The Labute approximate surface area is 893 Å². The molecule has 22 rings (SSSR count). The van der Waals surface area contributed by atoms with E-state index < -0.39 is 44.6 Å². The molecule has 0 radical (unpaired) electrons. The van der Waals surface area contributed by atoms with E-state index in [0.717, 1.165) is 82.3 Å². The van der Waals surface area contributed by atoms with Crippen molar-refractivity contribution in [3.8, 4) is 22.6 Å². The first-order chi connectivity index (χ1) is 71.6. The molecule has 0 bridgehead atoms. The fourth-order valence-electron chi connectivity index (χ4n) is 18.3. The Morgan fingerprint density at radius 2 is 0.578 bits per heavy atom. The Kier molecular flexibility index (Phi) is 41.2. The number of hydrogen-bond donors (Lipinski definition) is 2. The average Bonchev–Trinajstić information content (AvgIpc) is 1.73. The molecule has 0 aromatic heterocycles. The zero-order valence-corrected chi connectivity index (χ0v) is 89.6. The van der Waals surface area contributed by atoms with Gasteiger partial charge < -0.3 is 29.0 Å². The molecule has 4 aliphatic rings. The molecule has 8 nitrogen and oxygen atoms in total. The topological polar surface area (TPSA) is 112 Å². The molecule has 2 heterocycles. The standard InChI is InChI=1S/C29H29FO3.C22H23BrO3.4C18H15P.C7H8BFO2.Pd/c1-18-3-13-26(30)25(15-18)20-6-8-21(9-7-20)27-14-12-22-10-11-23(16-28(22)33-27)24(19-4-5-19)17-29(31)32-2;1-25-22(24)13-19(14-2-3-14)17-5-4-16-8-11-20(26-21(16)12-17)15-6-9-18(23)10-7-15;4*1-4-10-16(11-5-1)19(17-12-6-2-7-13-17)18-14-8-3-9-15-18;1-5-2-3-7(9)6(4-5)8(10)11;/h3,6-11,13,15-16,19,24,27H,4-5,12,14,17H2,1-2H3;4-7,9-10,12,14,19-20H,2-3,8,11,13H2,1H3;4*1-15H;2-4,10-11H,1H3;/t24-,27?;19-,20?;;;;;;/m00....../s1. The third kappa shape index (κ3) is 31.2. The molecule has 2 fully saturated rings. The number of hydrogen-bond acceptors (Lipinski definition) is 8. The molecule has 2 aliphatic heterocycles. The van der Waals surface area contributed by atoms with Crippen molar-refractivity contribution in [2.45, 2.75) is 102 Å². The summed E-state index contributed by atoms with van der Waals surface area (Å²) in [5.41, 5.74) is 10.4. The number of ether oxygens (including phenoxy) is 4. The second-order valence-electron chi connectivity index (χ2n) is 36.4. The van der Waals surface area contributed by atoms with Gasteiger partial charge in [0.25, 0.3) is 0 Å². The zero-order chi connectivity index (χ0) is 101. The van der Waals surface area contributed by atoms with E-state index in [-0.39, 0.29) is 67.7 Å². The minimum Gasteiger partial charge on any atom is -0.485 e. The van der Waals surface area contributed by atoms with Gasteiger partial charge in [-0.2, -0.15) is 0 Å². The molecule has 18 aromatic rings. The van der Waals surface area contributed by atoms with Crippen LogP contribution in [0.5, 0.6) is 11.5 Å². The van der Waals surface area contributed by atoms with E-state index in [4.69, 9.17) is 29.0 Å². The maximum absolute atomic E-state index is 14.3. The van der Waals surface area contributed by atoms with Crippen LogP contribution in [0.1, 0.15) is 120 Å². The SMILES string of the molecule is COC(=O)C[C@H](c1ccc2c(c1)OC(c1ccc(-c3cc(C)ccc3F)cc1)CC2)C1CC1.COC(=O)C[C@H](c1ccc2c(c1)OC(c1ccc(Br)cc1)CC2)C1CC1.Cc1ccc(F)c(B(O)O)c1.[Pd].c1ccc(P(c2ccccc2)c2ccccc2)cc1.c1ccc(P(c2ccccc2)c2ccccc2)cc1.c1ccc(P(c2ccccc2)c2ccccc2)cc1.c1ccc(P(c2ccccc2)c2ccccc2)cc1. The predicted molar refractivity (Wildman–Crippen MR) is 613 cm³/mol. The van der Waals surface area contributed by atoms with Crippen LogP contribution in [0, 0.1) is 37.3 Å². The van der Waals surface area contributed by atoms with Crippen LogP contribution in [0.4, 0.5) is 8.78 Å². The van der Waals surface area contributed by atoms with Gasteiger partial charge >= 0.3 is 19.1 Å². The van der Waals surface area contributed by atoms with Gasteiger partial charge in [-0.1, -0.05) is 470 Å². The van der Waals surface area contributed by atoms with Crippen LogP contribution in [0.3, 0.4) is 0 Å². The number of fused-ring (bicyclic) bond motifs is 2. The van der Waals surface area contributed by atoms with Crippen LogP contribution in [0.2, 0.25) is 0 Å². The van der Waals surface area contributed by atoms with E-state index >= 15 is 0 Å². The Balaban J connectivity index is 0.000000131.